The third-order valence-electron chi connectivity index (χ3n) is 1.62. The average molecular weight is 206 g/mol. The zero-order valence-electron chi connectivity index (χ0n) is 7.78. The van der Waals surface area contributed by atoms with E-state index in [1.807, 2.05) is 0 Å². The molecule has 0 radical (unpaired) electrons. The van der Waals surface area contributed by atoms with Gasteiger partial charge in [0, 0.05) is 5.56 Å². The molecular formula is C11H10O2S. The number of hydrogen-bond acceptors (Lipinski definition) is 3. The van der Waals surface area contributed by atoms with Gasteiger partial charge in [-0.25, -0.2) is 4.79 Å². The van der Waals surface area contributed by atoms with E-state index >= 15 is 0 Å². The Morgan fingerprint density at radius 1 is 1.43 bits per heavy atom. The lowest BCUT2D eigenvalue weighted by molar-refractivity contribution is 0.0601. The number of esters is 1. The second-order valence-electron chi connectivity index (χ2n) is 2.53. The maximum absolute atomic E-state index is 11.1. The number of methoxy groups -OCH3 is 1. The van der Waals surface area contributed by atoms with E-state index in [0.29, 0.717) is 11.3 Å². The zero-order chi connectivity index (χ0) is 10.4. The van der Waals surface area contributed by atoms with E-state index in [1.165, 1.54) is 7.11 Å². The molecule has 0 atom stereocenters. The summed E-state index contributed by atoms with van der Waals surface area (Å²) >= 11 is 3.97. The summed E-state index contributed by atoms with van der Waals surface area (Å²) in [7, 11) is 1.36. The summed E-state index contributed by atoms with van der Waals surface area (Å²) in [5.41, 5.74) is 1.40. The van der Waals surface area contributed by atoms with Crippen LogP contribution >= 0.6 is 12.6 Å². The van der Waals surface area contributed by atoms with Gasteiger partial charge in [0.05, 0.1) is 18.4 Å². The topological polar surface area (TPSA) is 26.3 Å². The fourth-order valence-corrected chi connectivity index (χ4v) is 1.03. The van der Waals surface area contributed by atoms with Gasteiger partial charge < -0.3 is 4.74 Å². The first-order valence-corrected chi connectivity index (χ1v) is 4.69. The molecule has 0 spiro atoms. The van der Waals surface area contributed by atoms with Crippen molar-refractivity contribution in [1.82, 2.24) is 0 Å². The first kappa shape index (κ1) is 10.7. The number of rotatable bonds is 1. The summed E-state index contributed by atoms with van der Waals surface area (Å²) in [5.74, 6) is 5.92. The van der Waals surface area contributed by atoms with Crippen molar-refractivity contribution in [1.29, 1.82) is 0 Å². The van der Waals surface area contributed by atoms with Crippen molar-refractivity contribution in [2.75, 3.05) is 12.9 Å². The Balaban J connectivity index is 2.83. The van der Waals surface area contributed by atoms with E-state index in [4.69, 9.17) is 0 Å². The summed E-state index contributed by atoms with van der Waals surface area (Å²) < 4.78 is 4.57. The number of carbonyl (C=O) groups excluding carboxylic acids is 1. The SMILES string of the molecule is COC(=O)c1ccc(C#CCS)cc1. The van der Waals surface area contributed by atoms with E-state index in [-0.39, 0.29) is 5.97 Å². The number of thiol groups is 1. The molecule has 0 saturated carbocycles. The van der Waals surface area contributed by atoms with Crippen LogP contribution < -0.4 is 0 Å². The van der Waals surface area contributed by atoms with Crippen LogP contribution in [0.4, 0.5) is 0 Å². The molecule has 14 heavy (non-hydrogen) atoms. The summed E-state index contributed by atoms with van der Waals surface area (Å²) in [6.45, 7) is 0. The van der Waals surface area contributed by atoms with Crippen LogP contribution in [0, 0.1) is 11.8 Å². The molecule has 1 aromatic rings. The highest BCUT2D eigenvalue weighted by Crippen LogP contribution is 2.04. The van der Waals surface area contributed by atoms with Gasteiger partial charge in [0.1, 0.15) is 0 Å². The first-order valence-electron chi connectivity index (χ1n) is 4.06. The Morgan fingerprint density at radius 3 is 2.57 bits per heavy atom. The van der Waals surface area contributed by atoms with Gasteiger partial charge in [-0.15, -0.1) is 0 Å². The van der Waals surface area contributed by atoms with Crippen LogP contribution in [0.25, 0.3) is 0 Å². The second kappa shape index (κ2) is 5.36. The van der Waals surface area contributed by atoms with E-state index in [9.17, 15) is 4.79 Å². The minimum Gasteiger partial charge on any atom is -0.465 e. The maximum Gasteiger partial charge on any atom is 0.337 e. The normalized spacial score (nSPS) is 8.71. The number of hydrogen-bond donors (Lipinski definition) is 1. The van der Waals surface area contributed by atoms with Crippen molar-refractivity contribution in [2.45, 2.75) is 0 Å². The van der Waals surface area contributed by atoms with Crippen LogP contribution in [0.2, 0.25) is 0 Å². The molecule has 0 heterocycles. The maximum atomic E-state index is 11.1. The molecule has 0 saturated heterocycles. The predicted octanol–water partition coefficient (Wildman–Crippen LogP) is 1.75. The summed E-state index contributed by atoms with van der Waals surface area (Å²) in [5, 5.41) is 0. The predicted molar refractivity (Wildman–Crippen MR) is 58.5 cm³/mol. The monoisotopic (exact) mass is 206 g/mol. The fourth-order valence-electron chi connectivity index (χ4n) is 0.949. The van der Waals surface area contributed by atoms with Crippen LogP contribution in [-0.2, 0) is 4.74 Å². The molecule has 0 N–H and O–H groups in total. The highest BCUT2D eigenvalue weighted by atomic mass is 32.1. The second-order valence-corrected chi connectivity index (χ2v) is 2.85. The van der Waals surface area contributed by atoms with Gasteiger partial charge in [-0.3, -0.25) is 0 Å². The highest BCUT2D eigenvalue weighted by Gasteiger charge is 2.02. The molecule has 0 aromatic heterocycles. The highest BCUT2D eigenvalue weighted by molar-refractivity contribution is 7.80. The third-order valence-corrected chi connectivity index (χ3v) is 1.78. The molecule has 1 aromatic carbocycles. The van der Waals surface area contributed by atoms with Gasteiger partial charge in [0.2, 0.25) is 0 Å². The molecule has 72 valence electrons. The summed E-state index contributed by atoms with van der Waals surface area (Å²) in [6, 6.07) is 6.94. The van der Waals surface area contributed by atoms with Gasteiger partial charge in [-0.1, -0.05) is 11.8 Å². The number of benzene rings is 1. The lowest BCUT2D eigenvalue weighted by atomic mass is 10.1. The first-order chi connectivity index (χ1) is 6.77. The number of carbonyl (C=O) groups is 1. The molecule has 0 unspecified atom stereocenters. The lowest BCUT2D eigenvalue weighted by Crippen LogP contribution is -2.00. The minimum atomic E-state index is -0.335. The Kier molecular flexibility index (Phi) is 4.09. The van der Waals surface area contributed by atoms with Crippen molar-refractivity contribution in [3.63, 3.8) is 0 Å². The molecule has 1 rings (SSSR count). The van der Waals surface area contributed by atoms with Crippen molar-refractivity contribution in [2.24, 2.45) is 0 Å². The van der Waals surface area contributed by atoms with Crippen LogP contribution in [0.3, 0.4) is 0 Å². The molecule has 0 aliphatic carbocycles. The Bertz CT molecular complexity index is 371. The van der Waals surface area contributed by atoms with E-state index in [0.717, 1.165) is 5.56 Å². The Labute approximate surface area is 88.7 Å². The van der Waals surface area contributed by atoms with Crippen molar-refractivity contribution < 1.29 is 9.53 Å². The Hall–Kier alpha value is -1.40. The molecule has 3 heteroatoms. The van der Waals surface area contributed by atoms with E-state index in [1.54, 1.807) is 24.3 Å². The van der Waals surface area contributed by atoms with E-state index < -0.39 is 0 Å². The van der Waals surface area contributed by atoms with Crippen LogP contribution in [0.15, 0.2) is 24.3 Å². The zero-order valence-corrected chi connectivity index (χ0v) is 8.67. The van der Waals surface area contributed by atoms with Crippen molar-refractivity contribution >= 4 is 18.6 Å². The molecular weight excluding hydrogens is 196 g/mol. The van der Waals surface area contributed by atoms with Gasteiger partial charge in [-0.05, 0) is 24.3 Å². The fraction of sp³-hybridized carbons (Fsp3) is 0.182. The lowest BCUT2D eigenvalue weighted by Gasteiger charge is -1.97. The Morgan fingerprint density at radius 2 is 2.07 bits per heavy atom. The average Bonchev–Trinajstić information content (AvgIpc) is 2.26. The molecule has 2 nitrogen and oxygen atoms in total. The third kappa shape index (κ3) is 2.82. The standard InChI is InChI=1S/C11H10O2S/c1-13-11(12)10-6-4-9(5-7-10)3-2-8-14/h4-7,14H,8H2,1H3. The van der Waals surface area contributed by atoms with Crippen molar-refractivity contribution in [3.8, 4) is 11.8 Å². The van der Waals surface area contributed by atoms with Crippen LogP contribution in [0.1, 0.15) is 15.9 Å². The van der Waals surface area contributed by atoms with Gasteiger partial charge in [-0.2, -0.15) is 12.6 Å². The smallest absolute Gasteiger partial charge is 0.337 e. The largest absolute Gasteiger partial charge is 0.465 e. The van der Waals surface area contributed by atoms with Gasteiger partial charge >= 0.3 is 5.97 Å². The van der Waals surface area contributed by atoms with Gasteiger partial charge in [0.25, 0.3) is 0 Å². The molecule has 0 amide bonds. The number of ether oxygens (including phenoxy) is 1. The molecule has 0 bridgehead atoms. The van der Waals surface area contributed by atoms with Crippen LogP contribution in [-0.4, -0.2) is 18.8 Å². The molecule has 0 aliphatic heterocycles. The molecule has 0 aliphatic rings. The van der Waals surface area contributed by atoms with Crippen molar-refractivity contribution in [3.05, 3.63) is 35.4 Å². The van der Waals surface area contributed by atoms with E-state index in [2.05, 4.69) is 29.2 Å². The molecule has 0 fully saturated rings. The minimum absolute atomic E-state index is 0.335. The quantitative estimate of drug-likeness (QED) is 0.430. The van der Waals surface area contributed by atoms with Gasteiger partial charge in [0.15, 0.2) is 0 Å². The summed E-state index contributed by atoms with van der Waals surface area (Å²) in [4.78, 5) is 11.1. The summed E-state index contributed by atoms with van der Waals surface area (Å²) in [6.07, 6.45) is 0. The van der Waals surface area contributed by atoms with Crippen LogP contribution in [0.5, 0.6) is 0 Å².